The molecule has 0 aliphatic rings. The molecule has 0 bridgehead atoms. The van der Waals surface area contributed by atoms with Crippen LogP contribution in [0.3, 0.4) is 0 Å². The minimum Gasteiger partial charge on any atom is -0.392 e. The molecular weight excluding hydrogens is 324 g/mol. The van der Waals surface area contributed by atoms with E-state index in [4.69, 9.17) is 0 Å². The summed E-state index contributed by atoms with van der Waals surface area (Å²) in [7, 11) is 3.03. The van der Waals surface area contributed by atoms with Crippen LogP contribution >= 0.6 is 0 Å². The Labute approximate surface area is 146 Å². The Balaban J connectivity index is 2.49. The van der Waals surface area contributed by atoms with E-state index in [-0.39, 0.29) is 6.54 Å². The highest BCUT2D eigenvalue weighted by Gasteiger charge is 2.19. The van der Waals surface area contributed by atoms with Gasteiger partial charge in [0.15, 0.2) is 11.2 Å². The first-order valence-corrected chi connectivity index (χ1v) is 8.62. The van der Waals surface area contributed by atoms with Crippen molar-refractivity contribution >= 4 is 17.1 Å². The quantitative estimate of drug-likeness (QED) is 0.669. The van der Waals surface area contributed by atoms with Crippen LogP contribution in [-0.2, 0) is 20.6 Å². The van der Waals surface area contributed by atoms with Gasteiger partial charge in [-0.05, 0) is 20.0 Å². The molecule has 9 heteroatoms. The second kappa shape index (κ2) is 7.83. The zero-order chi connectivity index (χ0) is 18.7. The summed E-state index contributed by atoms with van der Waals surface area (Å²) in [5.74, 6) is 0.487. The molecule has 0 fully saturated rings. The molecule has 140 valence electrons. The molecule has 0 aliphatic heterocycles. The average molecular weight is 352 g/mol. The fourth-order valence-corrected chi connectivity index (χ4v) is 2.89. The topological polar surface area (TPSA) is 97.3 Å². The van der Waals surface area contributed by atoms with Gasteiger partial charge in [0, 0.05) is 27.2 Å². The van der Waals surface area contributed by atoms with E-state index in [0.717, 1.165) is 24.2 Å². The number of hydrogen-bond acceptors (Lipinski definition) is 6. The van der Waals surface area contributed by atoms with Gasteiger partial charge in [-0.1, -0.05) is 13.8 Å². The molecule has 9 nitrogen and oxygen atoms in total. The smallest absolute Gasteiger partial charge is 0.332 e. The van der Waals surface area contributed by atoms with Crippen LogP contribution in [0.2, 0.25) is 0 Å². The summed E-state index contributed by atoms with van der Waals surface area (Å²) in [4.78, 5) is 31.4. The number of fused-ring (bicyclic) bond motifs is 1. The fourth-order valence-electron chi connectivity index (χ4n) is 2.89. The summed E-state index contributed by atoms with van der Waals surface area (Å²) in [6.07, 6.45) is -0.650. The Morgan fingerprint density at radius 2 is 1.84 bits per heavy atom. The normalized spacial score (nSPS) is 12.9. The van der Waals surface area contributed by atoms with Crippen molar-refractivity contribution in [3.8, 4) is 0 Å². The molecule has 2 heterocycles. The SMILES string of the molecule is CCN(CC)CCNc1nc2c(c(=O)n(C)c(=O)n2C)n1C[C@H](C)O. The molecule has 0 saturated heterocycles. The predicted molar refractivity (Wildman–Crippen MR) is 98.2 cm³/mol. The van der Waals surface area contributed by atoms with Gasteiger partial charge in [0.1, 0.15) is 0 Å². The van der Waals surface area contributed by atoms with E-state index in [1.54, 1.807) is 18.5 Å². The minimum absolute atomic E-state index is 0.220. The van der Waals surface area contributed by atoms with Crippen molar-refractivity contribution in [3.63, 3.8) is 0 Å². The van der Waals surface area contributed by atoms with Gasteiger partial charge in [-0.2, -0.15) is 4.98 Å². The molecular formula is C16H28N6O3. The standard InChI is InChI=1S/C16H28N6O3/c1-6-21(7-2)9-8-17-15-18-13-12(22(15)10-11(3)23)14(24)20(5)16(25)19(13)4/h11,23H,6-10H2,1-5H3,(H,17,18)/t11-/m0/s1. The lowest BCUT2D eigenvalue weighted by molar-refractivity contribution is 0.175. The number of anilines is 1. The summed E-state index contributed by atoms with van der Waals surface area (Å²) in [6, 6.07) is 0. The van der Waals surface area contributed by atoms with E-state index >= 15 is 0 Å². The maximum atomic E-state index is 12.6. The van der Waals surface area contributed by atoms with E-state index in [1.807, 2.05) is 0 Å². The maximum absolute atomic E-state index is 12.6. The molecule has 0 spiro atoms. The number of aryl methyl sites for hydroxylation is 1. The van der Waals surface area contributed by atoms with Crippen molar-refractivity contribution in [2.24, 2.45) is 14.1 Å². The first kappa shape index (κ1) is 19.2. The molecule has 0 unspecified atom stereocenters. The van der Waals surface area contributed by atoms with Crippen molar-refractivity contribution in [1.29, 1.82) is 0 Å². The summed E-state index contributed by atoms with van der Waals surface area (Å²) < 4.78 is 4.07. The second-order valence-corrected chi connectivity index (χ2v) is 6.23. The van der Waals surface area contributed by atoms with Crippen LogP contribution < -0.4 is 16.6 Å². The summed E-state index contributed by atoms with van der Waals surface area (Å²) in [5.41, 5.74) is -0.202. The van der Waals surface area contributed by atoms with E-state index in [9.17, 15) is 14.7 Å². The lowest BCUT2D eigenvalue weighted by Crippen LogP contribution is -2.37. The molecule has 1 atom stereocenters. The molecule has 0 aromatic carbocycles. The highest BCUT2D eigenvalue weighted by Crippen LogP contribution is 2.16. The summed E-state index contributed by atoms with van der Waals surface area (Å²) in [5, 5.41) is 13.1. The second-order valence-electron chi connectivity index (χ2n) is 6.23. The van der Waals surface area contributed by atoms with Crippen LogP contribution in [0.1, 0.15) is 20.8 Å². The number of hydrogen-bond donors (Lipinski definition) is 2. The number of aliphatic hydroxyl groups excluding tert-OH is 1. The summed E-state index contributed by atoms with van der Waals surface area (Å²) >= 11 is 0. The van der Waals surface area contributed by atoms with Crippen molar-refractivity contribution < 1.29 is 5.11 Å². The molecule has 2 aromatic heterocycles. The van der Waals surface area contributed by atoms with Gasteiger partial charge >= 0.3 is 5.69 Å². The molecule has 2 aromatic rings. The number of imidazole rings is 1. The largest absolute Gasteiger partial charge is 0.392 e. The van der Waals surface area contributed by atoms with Crippen molar-refractivity contribution in [2.45, 2.75) is 33.4 Å². The molecule has 2 N–H and O–H groups in total. The molecule has 0 amide bonds. The van der Waals surface area contributed by atoms with Gasteiger partial charge in [-0.15, -0.1) is 0 Å². The Morgan fingerprint density at radius 3 is 2.40 bits per heavy atom. The minimum atomic E-state index is -0.650. The first-order chi connectivity index (χ1) is 11.8. The van der Waals surface area contributed by atoms with Crippen LogP contribution in [0, 0.1) is 0 Å². The zero-order valence-corrected chi connectivity index (χ0v) is 15.6. The van der Waals surface area contributed by atoms with Gasteiger partial charge in [0.25, 0.3) is 5.56 Å². The molecule has 25 heavy (non-hydrogen) atoms. The third kappa shape index (κ3) is 3.77. The van der Waals surface area contributed by atoms with Crippen LogP contribution in [0.5, 0.6) is 0 Å². The fraction of sp³-hybridized carbons (Fsp3) is 0.688. The van der Waals surface area contributed by atoms with Gasteiger partial charge in [-0.25, -0.2) is 4.79 Å². The van der Waals surface area contributed by atoms with Crippen LogP contribution in [0.15, 0.2) is 9.59 Å². The van der Waals surface area contributed by atoms with Crippen LogP contribution in [-0.4, -0.2) is 61.0 Å². The lowest BCUT2D eigenvalue weighted by Gasteiger charge is -2.18. The Kier molecular flexibility index (Phi) is 6.02. The third-order valence-corrected chi connectivity index (χ3v) is 4.40. The van der Waals surface area contributed by atoms with E-state index < -0.39 is 17.4 Å². The van der Waals surface area contributed by atoms with E-state index in [2.05, 4.69) is 29.0 Å². The van der Waals surface area contributed by atoms with Crippen molar-refractivity contribution in [2.75, 3.05) is 31.5 Å². The van der Waals surface area contributed by atoms with E-state index in [1.165, 1.54) is 11.6 Å². The Bertz CT molecular complexity index is 844. The lowest BCUT2D eigenvalue weighted by atomic mass is 10.4. The number of nitrogens with zero attached hydrogens (tertiary/aromatic N) is 5. The predicted octanol–water partition coefficient (Wildman–Crippen LogP) is -0.432. The maximum Gasteiger partial charge on any atom is 0.332 e. The van der Waals surface area contributed by atoms with Crippen molar-refractivity contribution in [3.05, 3.63) is 20.8 Å². The van der Waals surface area contributed by atoms with E-state index in [0.29, 0.717) is 23.7 Å². The van der Waals surface area contributed by atoms with Crippen LogP contribution in [0.25, 0.3) is 11.2 Å². The number of aliphatic hydroxyl groups is 1. The van der Waals surface area contributed by atoms with Crippen molar-refractivity contribution in [1.82, 2.24) is 23.6 Å². The highest BCUT2D eigenvalue weighted by molar-refractivity contribution is 5.74. The highest BCUT2D eigenvalue weighted by atomic mass is 16.3. The van der Waals surface area contributed by atoms with Gasteiger partial charge in [-0.3, -0.25) is 13.9 Å². The van der Waals surface area contributed by atoms with Gasteiger partial charge in [0.05, 0.1) is 12.6 Å². The molecule has 0 aliphatic carbocycles. The third-order valence-electron chi connectivity index (χ3n) is 4.40. The first-order valence-electron chi connectivity index (χ1n) is 8.62. The number of rotatable bonds is 8. The average Bonchev–Trinajstić information content (AvgIpc) is 2.93. The Hall–Kier alpha value is -2.13. The Morgan fingerprint density at radius 1 is 1.20 bits per heavy atom. The number of aromatic nitrogens is 4. The molecule has 2 rings (SSSR count). The summed E-state index contributed by atoms with van der Waals surface area (Å²) in [6.45, 7) is 9.47. The molecule has 0 saturated carbocycles. The number of likely N-dealkylation sites (N-methyl/N-ethyl adjacent to an activating group) is 1. The van der Waals surface area contributed by atoms with Crippen LogP contribution in [0.4, 0.5) is 5.95 Å². The number of nitrogens with one attached hydrogen (secondary N) is 1. The zero-order valence-electron chi connectivity index (χ0n) is 15.6. The van der Waals surface area contributed by atoms with Gasteiger partial charge in [0.2, 0.25) is 5.95 Å². The molecule has 0 radical (unpaired) electrons. The monoisotopic (exact) mass is 352 g/mol. The van der Waals surface area contributed by atoms with Gasteiger partial charge < -0.3 is 19.9 Å².